The highest BCUT2D eigenvalue weighted by Crippen LogP contribution is 2.36. The van der Waals surface area contributed by atoms with E-state index >= 15 is 0 Å². The Morgan fingerprint density at radius 1 is 1.31 bits per heavy atom. The van der Waals surface area contributed by atoms with Gasteiger partial charge in [-0.3, -0.25) is 4.57 Å². The van der Waals surface area contributed by atoms with E-state index in [1.165, 1.54) is 18.6 Å². The Morgan fingerprint density at radius 3 is 2.81 bits per heavy atom. The molecule has 0 bridgehead atoms. The van der Waals surface area contributed by atoms with Crippen LogP contribution in [0.5, 0.6) is 0 Å². The predicted octanol–water partition coefficient (Wildman–Crippen LogP) is 3.23. The minimum Gasteiger partial charge on any atom is -0.357 e. The van der Waals surface area contributed by atoms with E-state index in [0.717, 1.165) is 30.6 Å². The molecule has 1 atom stereocenters. The number of guanidine groups is 1. The van der Waals surface area contributed by atoms with E-state index in [4.69, 9.17) is 4.99 Å². The van der Waals surface area contributed by atoms with E-state index in [1.807, 2.05) is 46.7 Å². The zero-order valence-corrected chi connectivity index (χ0v) is 18.5. The molecule has 2 aromatic rings. The van der Waals surface area contributed by atoms with Crippen LogP contribution in [0, 0.1) is 0 Å². The van der Waals surface area contributed by atoms with Crippen LogP contribution in [-0.4, -0.2) is 44.3 Å². The van der Waals surface area contributed by atoms with E-state index in [2.05, 4.69) is 34.7 Å². The number of thioether (sulfide) groups is 1. The molecular formula is C18H27IN6S. The molecule has 0 amide bonds. The topological polar surface area (TPSA) is 67.1 Å². The molecule has 6 nitrogen and oxygen atoms in total. The number of para-hydroxylation sites is 1. The molecule has 0 aliphatic carbocycles. The van der Waals surface area contributed by atoms with Gasteiger partial charge in [-0.2, -0.15) is 11.8 Å². The molecule has 1 aromatic heterocycles. The molecule has 0 spiro atoms. The van der Waals surface area contributed by atoms with Gasteiger partial charge in [0.25, 0.3) is 0 Å². The fourth-order valence-electron chi connectivity index (χ4n) is 2.91. The summed E-state index contributed by atoms with van der Waals surface area (Å²) in [6.45, 7) is 6.65. The largest absolute Gasteiger partial charge is 0.357 e. The maximum Gasteiger partial charge on any atom is 0.191 e. The zero-order valence-electron chi connectivity index (χ0n) is 15.3. The first-order valence-corrected chi connectivity index (χ1v) is 9.79. The number of aromatic nitrogens is 3. The van der Waals surface area contributed by atoms with Crippen LogP contribution in [0.2, 0.25) is 0 Å². The van der Waals surface area contributed by atoms with Gasteiger partial charge in [-0.05, 0) is 44.6 Å². The highest BCUT2D eigenvalue weighted by atomic mass is 127. The van der Waals surface area contributed by atoms with Crippen molar-refractivity contribution < 1.29 is 0 Å². The summed E-state index contributed by atoms with van der Waals surface area (Å²) >= 11 is 2.05. The van der Waals surface area contributed by atoms with Crippen molar-refractivity contribution in [2.75, 3.05) is 18.8 Å². The molecule has 8 heteroatoms. The van der Waals surface area contributed by atoms with Crippen molar-refractivity contribution in [3.05, 3.63) is 42.5 Å². The first kappa shape index (κ1) is 21.0. The van der Waals surface area contributed by atoms with Gasteiger partial charge in [-0.1, -0.05) is 18.2 Å². The molecule has 2 heterocycles. The van der Waals surface area contributed by atoms with Gasteiger partial charge in [0.2, 0.25) is 0 Å². The highest BCUT2D eigenvalue weighted by molar-refractivity contribution is 14.0. The lowest BCUT2D eigenvalue weighted by Gasteiger charge is -2.24. The number of aliphatic imine (C=N–C) groups is 1. The maximum absolute atomic E-state index is 4.70. The van der Waals surface area contributed by atoms with Crippen LogP contribution in [0.3, 0.4) is 0 Å². The van der Waals surface area contributed by atoms with E-state index in [1.54, 1.807) is 6.33 Å². The summed E-state index contributed by atoms with van der Waals surface area (Å²) in [5.41, 5.74) is 1.05. The van der Waals surface area contributed by atoms with Crippen LogP contribution < -0.4 is 10.6 Å². The van der Waals surface area contributed by atoms with Gasteiger partial charge >= 0.3 is 0 Å². The summed E-state index contributed by atoms with van der Waals surface area (Å²) in [7, 11) is 0. The smallest absolute Gasteiger partial charge is 0.191 e. The van der Waals surface area contributed by atoms with E-state index in [-0.39, 0.29) is 24.0 Å². The van der Waals surface area contributed by atoms with Gasteiger partial charge in [0.05, 0.1) is 0 Å². The summed E-state index contributed by atoms with van der Waals surface area (Å²) in [6.07, 6.45) is 4.29. The molecule has 0 radical (unpaired) electrons. The second-order valence-corrected chi connectivity index (χ2v) is 8.09. The third-order valence-corrected chi connectivity index (χ3v) is 5.84. The van der Waals surface area contributed by atoms with Crippen molar-refractivity contribution in [3.8, 4) is 5.69 Å². The number of benzene rings is 1. The Morgan fingerprint density at radius 2 is 2.12 bits per heavy atom. The molecular weight excluding hydrogens is 459 g/mol. The van der Waals surface area contributed by atoms with Gasteiger partial charge in [0.15, 0.2) is 11.8 Å². The van der Waals surface area contributed by atoms with E-state index < -0.39 is 0 Å². The van der Waals surface area contributed by atoms with Gasteiger partial charge in [-0.25, -0.2) is 4.99 Å². The summed E-state index contributed by atoms with van der Waals surface area (Å²) in [6, 6.07) is 10.1. The van der Waals surface area contributed by atoms with Gasteiger partial charge in [-0.15, -0.1) is 34.2 Å². The minimum absolute atomic E-state index is 0. The quantitative estimate of drug-likeness (QED) is 0.373. The monoisotopic (exact) mass is 486 g/mol. The van der Waals surface area contributed by atoms with Crippen LogP contribution in [-0.2, 0) is 6.54 Å². The summed E-state index contributed by atoms with van der Waals surface area (Å²) < 4.78 is 2.28. The van der Waals surface area contributed by atoms with Crippen LogP contribution in [0.4, 0.5) is 0 Å². The highest BCUT2D eigenvalue weighted by Gasteiger charge is 2.29. The third-order valence-electron chi connectivity index (χ3n) is 4.31. The molecule has 1 saturated heterocycles. The van der Waals surface area contributed by atoms with E-state index in [0.29, 0.717) is 11.3 Å². The normalized spacial score (nSPS) is 19.8. The Labute approximate surface area is 176 Å². The zero-order chi connectivity index (χ0) is 17.5. The Balaban J connectivity index is 0.00000243. The van der Waals surface area contributed by atoms with Crippen LogP contribution in [0.25, 0.3) is 5.69 Å². The van der Waals surface area contributed by atoms with Crippen molar-refractivity contribution in [2.24, 2.45) is 4.99 Å². The number of hydrogen-bond acceptors (Lipinski definition) is 4. The molecule has 2 N–H and O–H groups in total. The van der Waals surface area contributed by atoms with Crippen molar-refractivity contribution in [1.29, 1.82) is 0 Å². The van der Waals surface area contributed by atoms with Gasteiger partial charge in [0.1, 0.15) is 12.9 Å². The Hall–Kier alpha value is -1.29. The molecule has 1 aliphatic heterocycles. The predicted molar refractivity (Wildman–Crippen MR) is 120 cm³/mol. The Kier molecular flexibility index (Phi) is 8.20. The summed E-state index contributed by atoms with van der Waals surface area (Å²) in [5, 5.41) is 15.1. The number of nitrogens with one attached hydrogen (secondary N) is 2. The number of hydrogen-bond donors (Lipinski definition) is 2. The lowest BCUT2D eigenvalue weighted by molar-refractivity contribution is 0.584. The molecule has 0 saturated carbocycles. The van der Waals surface area contributed by atoms with Crippen molar-refractivity contribution in [2.45, 2.75) is 38.0 Å². The third kappa shape index (κ3) is 5.60. The van der Waals surface area contributed by atoms with E-state index in [9.17, 15) is 0 Å². The second-order valence-electron chi connectivity index (χ2n) is 6.40. The van der Waals surface area contributed by atoms with Crippen LogP contribution in [0.15, 0.2) is 41.7 Å². The number of halogens is 1. The number of nitrogens with zero attached hydrogens (tertiary/aromatic N) is 4. The minimum atomic E-state index is 0. The molecule has 1 fully saturated rings. The molecule has 1 unspecified atom stereocenters. The summed E-state index contributed by atoms with van der Waals surface area (Å²) in [5.74, 6) is 2.91. The average molecular weight is 486 g/mol. The van der Waals surface area contributed by atoms with Crippen LogP contribution in [0.1, 0.15) is 32.5 Å². The lowest BCUT2D eigenvalue weighted by atomic mass is 10.1. The molecule has 1 aliphatic rings. The molecule has 26 heavy (non-hydrogen) atoms. The molecule has 142 valence electrons. The van der Waals surface area contributed by atoms with Crippen LogP contribution >= 0.6 is 35.7 Å². The fourth-order valence-corrected chi connectivity index (χ4v) is 4.15. The van der Waals surface area contributed by atoms with Crippen molar-refractivity contribution in [1.82, 2.24) is 25.4 Å². The fraction of sp³-hybridized carbons (Fsp3) is 0.500. The SMILES string of the molecule is CCNC(=NCc1nncn1-c1ccccc1)NCC1(C)CCCS1.I. The number of rotatable bonds is 6. The Bertz CT molecular complexity index is 697. The maximum atomic E-state index is 4.70. The average Bonchev–Trinajstić information content (AvgIpc) is 3.28. The first-order valence-electron chi connectivity index (χ1n) is 8.81. The van der Waals surface area contributed by atoms with Gasteiger partial charge in [0, 0.05) is 23.5 Å². The standard InChI is InChI=1S/C18H26N6S.HI/c1-3-19-17(21-13-18(2)10-7-11-25-18)20-12-16-23-22-14-24(16)15-8-5-4-6-9-15;/h4-6,8-9,14H,3,7,10-13H2,1-2H3,(H2,19,20,21);1H. The molecule has 1 aromatic carbocycles. The second kappa shape index (κ2) is 10.1. The first-order chi connectivity index (χ1) is 12.2. The molecule has 3 rings (SSSR count). The summed E-state index contributed by atoms with van der Waals surface area (Å²) in [4.78, 5) is 4.70. The van der Waals surface area contributed by atoms with Gasteiger partial charge < -0.3 is 10.6 Å². The van der Waals surface area contributed by atoms with Crippen molar-refractivity contribution >= 4 is 41.7 Å². The van der Waals surface area contributed by atoms with Crippen molar-refractivity contribution in [3.63, 3.8) is 0 Å². The lowest BCUT2D eigenvalue weighted by Crippen LogP contribution is -2.43.